The van der Waals surface area contributed by atoms with E-state index in [0.717, 1.165) is 0 Å². The number of imidazole rings is 1. The van der Waals surface area contributed by atoms with Gasteiger partial charge in [-0.05, 0) is 18.2 Å². The Morgan fingerprint density at radius 3 is 3.11 bits per heavy atom. The second kappa shape index (κ2) is 3.88. The molecule has 0 saturated heterocycles. The molecular formula is C11H8N4O3. The van der Waals surface area contributed by atoms with Crippen molar-refractivity contribution >= 4 is 22.8 Å². The number of fused-ring (bicyclic) bond motifs is 1. The van der Waals surface area contributed by atoms with Crippen LogP contribution in [0.5, 0.6) is 0 Å². The van der Waals surface area contributed by atoms with Crippen molar-refractivity contribution in [3.05, 3.63) is 47.5 Å². The highest BCUT2D eigenvalue weighted by atomic mass is 16.4. The molecule has 0 saturated carbocycles. The van der Waals surface area contributed by atoms with Crippen LogP contribution in [-0.2, 0) is 0 Å². The van der Waals surface area contributed by atoms with Crippen LogP contribution in [0.1, 0.15) is 0 Å². The van der Waals surface area contributed by atoms with E-state index in [0.29, 0.717) is 16.8 Å². The number of hydrogen-bond acceptors (Lipinski definition) is 4. The molecule has 18 heavy (non-hydrogen) atoms. The zero-order valence-electron chi connectivity index (χ0n) is 9.08. The molecule has 0 radical (unpaired) electrons. The third-order valence-electron chi connectivity index (χ3n) is 2.41. The van der Waals surface area contributed by atoms with Crippen molar-refractivity contribution in [2.24, 2.45) is 0 Å². The second-order valence-electron chi connectivity index (χ2n) is 3.63. The van der Waals surface area contributed by atoms with Crippen molar-refractivity contribution in [3.8, 4) is 0 Å². The van der Waals surface area contributed by atoms with Crippen LogP contribution in [0.4, 0.5) is 10.5 Å². The molecule has 0 aliphatic carbocycles. The van der Waals surface area contributed by atoms with E-state index in [2.05, 4.69) is 15.3 Å². The molecule has 0 unspecified atom stereocenters. The Morgan fingerprint density at radius 2 is 2.33 bits per heavy atom. The summed E-state index contributed by atoms with van der Waals surface area (Å²) in [5, 5.41) is 2.67. The summed E-state index contributed by atoms with van der Waals surface area (Å²) in [6.07, 6.45) is 4.44. The first-order chi connectivity index (χ1) is 8.72. The van der Waals surface area contributed by atoms with E-state index in [9.17, 15) is 9.59 Å². The first-order valence-electron chi connectivity index (χ1n) is 5.14. The summed E-state index contributed by atoms with van der Waals surface area (Å²) in [6, 6.07) is 4.54. The summed E-state index contributed by atoms with van der Waals surface area (Å²) in [5.74, 6) is -0.525. The van der Waals surface area contributed by atoms with Gasteiger partial charge in [-0.3, -0.25) is 9.55 Å². The van der Waals surface area contributed by atoms with Gasteiger partial charge in [-0.1, -0.05) is 0 Å². The molecule has 0 atom stereocenters. The second-order valence-corrected chi connectivity index (χ2v) is 3.63. The van der Waals surface area contributed by atoms with Gasteiger partial charge in [-0.15, -0.1) is 0 Å². The fraction of sp³-hybridized carbons (Fsp3) is 0. The first kappa shape index (κ1) is 10.3. The van der Waals surface area contributed by atoms with E-state index in [1.165, 1.54) is 23.3 Å². The average Bonchev–Trinajstić information content (AvgIpc) is 2.95. The molecule has 2 N–H and O–H groups in total. The Balaban J connectivity index is 1.91. The van der Waals surface area contributed by atoms with Crippen molar-refractivity contribution in [2.75, 3.05) is 5.32 Å². The third kappa shape index (κ3) is 1.77. The number of oxazole rings is 1. The molecule has 3 rings (SSSR count). The number of hydrogen-bond donors (Lipinski definition) is 2. The maximum Gasteiger partial charge on any atom is 0.417 e. The van der Waals surface area contributed by atoms with E-state index in [1.807, 2.05) is 0 Å². The molecule has 1 aromatic carbocycles. The lowest BCUT2D eigenvalue weighted by atomic mass is 10.3. The number of carbonyl (C=O) groups excluding carboxylic acids is 1. The Kier molecular flexibility index (Phi) is 2.23. The molecule has 0 aliphatic heterocycles. The molecule has 0 fully saturated rings. The summed E-state index contributed by atoms with van der Waals surface area (Å²) < 4.78 is 6.17. The fourth-order valence-electron chi connectivity index (χ4n) is 1.60. The first-order valence-corrected chi connectivity index (χ1v) is 5.14. The molecule has 7 nitrogen and oxygen atoms in total. The van der Waals surface area contributed by atoms with E-state index in [1.54, 1.807) is 18.2 Å². The van der Waals surface area contributed by atoms with Crippen molar-refractivity contribution in [3.63, 3.8) is 0 Å². The zero-order chi connectivity index (χ0) is 12.5. The van der Waals surface area contributed by atoms with Gasteiger partial charge in [-0.25, -0.2) is 14.6 Å². The van der Waals surface area contributed by atoms with Crippen LogP contribution in [0.2, 0.25) is 0 Å². The topological polar surface area (TPSA) is 92.9 Å². The van der Waals surface area contributed by atoms with Gasteiger partial charge < -0.3 is 9.73 Å². The molecule has 3 aromatic rings. The molecule has 0 aliphatic rings. The van der Waals surface area contributed by atoms with Gasteiger partial charge in [0.1, 0.15) is 6.33 Å². The molecule has 7 heteroatoms. The Bertz CT molecular complexity index is 754. The van der Waals surface area contributed by atoms with E-state index < -0.39 is 5.76 Å². The van der Waals surface area contributed by atoms with Crippen LogP contribution < -0.4 is 11.1 Å². The van der Waals surface area contributed by atoms with E-state index >= 15 is 0 Å². The molecule has 1 amide bonds. The van der Waals surface area contributed by atoms with Crippen molar-refractivity contribution in [1.82, 2.24) is 14.5 Å². The predicted octanol–water partition coefficient (Wildman–Crippen LogP) is 1.40. The molecule has 90 valence electrons. The minimum atomic E-state index is -0.525. The highest BCUT2D eigenvalue weighted by Gasteiger charge is 2.06. The minimum Gasteiger partial charge on any atom is -0.408 e. The quantitative estimate of drug-likeness (QED) is 0.676. The highest BCUT2D eigenvalue weighted by Crippen LogP contribution is 2.16. The predicted molar refractivity (Wildman–Crippen MR) is 63.5 cm³/mol. The summed E-state index contributed by atoms with van der Waals surface area (Å²) in [6.45, 7) is 0. The number of H-pyrrole nitrogens is 1. The van der Waals surface area contributed by atoms with Crippen LogP contribution in [0.25, 0.3) is 11.1 Å². The van der Waals surface area contributed by atoms with Crippen LogP contribution >= 0.6 is 0 Å². The number of anilines is 1. The number of nitrogens with one attached hydrogen (secondary N) is 2. The maximum absolute atomic E-state index is 11.7. The summed E-state index contributed by atoms with van der Waals surface area (Å²) >= 11 is 0. The van der Waals surface area contributed by atoms with Crippen LogP contribution in [0.15, 0.2) is 46.1 Å². The third-order valence-corrected chi connectivity index (χ3v) is 2.41. The summed E-state index contributed by atoms with van der Waals surface area (Å²) in [7, 11) is 0. The van der Waals surface area contributed by atoms with Gasteiger partial charge >= 0.3 is 11.8 Å². The van der Waals surface area contributed by atoms with E-state index in [-0.39, 0.29) is 6.03 Å². The average molecular weight is 244 g/mol. The number of aromatic nitrogens is 3. The molecular weight excluding hydrogens is 236 g/mol. The molecule has 0 bridgehead atoms. The lowest BCUT2D eigenvalue weighted by Crippen LogP contribution is -2.17. The largest absolute Gasteiger partial charge is 0.417 e. The highest BCUT2D eigenvalue weighted by molar-refractivity contribution is 5.92. The van der Waals surface area contributed by atoms with Gasteiger partial charge in [0.05, 0.1) is 5.52 Å². The Hall–Kier alpha value is -2.83. The van der Waals surface area contributed by atoms with Gasteiger partial charge in [-0.2, -0.15) is 0 Å². The van der Waals surface area contributed by atoms with Crippen molar-refractivity contribution < 1.29 is 9.21 Å². The monoisotopic (exact) mass is 244 g/mol. The minimum absolute atomic E-state index is 0.335. The normalized spacial score (nSPS) is 10.7. The smallest absolute Gasteiger partial charge is 0.408 e. The lowest BCUT2D eigenvalue weighted by Gasteiger charge is -2.04. The number of nitrogens with zero attached hydrogens (tertiary/aromatic N) is 2. The SMILES string of the molecule is O=C(Nc1ccc2oc(=O)[nH]c2c1)n1ccnc1. The molecule has 2 aromatic heterocycles. The van der Waals surface area contributed by atoms with Crippen LogP contribution in [0, 0.1) is 0 Å². The zero-order valence-corrected chi connectivity index (χ0v) is 9.08. The lowest BCUT2D eigenvalue weighted by molar-refractivity contribution is 0.253. The maximum atomic E-state index is 11.7. The van der Waals surface area contributed by atoms with Crippen LogP contribution in [-0.4, -0.2) is 20.6 Å². The molecule has 0 spiro atoms. The van der Waals surface area contributed by atoms with Gasteiger partial charge in [0.2, 0.25) is 0 Å². The number of benzene rings is 1. The number of amides is 1. The molecule has 2 heterocycles. The van der Waals surface area contributed by atoms with Crippen LogP contribution in [0.3, 0.4) is 0 Å². The number of aromatic amines is 1. The van der Waals surface area contributed by atoms with Crippen molar-refractivity contribution in [1.29, 1.82) is 0 Å². The van der Waals surface area contributed by atoms with Crippen molar-refractivity contribution in [2.45, 2.75) is 0 Å². The number of carbonyl (C=O) groups is 1. The number of rotatable bonds is 1. The summed E-state index contributed by atoms with van der Waals surface area (Å²) in [5.41, 5.74) is 1.53. The Morgan fingerprint density at radius 1 is 1.44 bits per heavy atom. The summed E-state index contributed by atoms with van der Waals surface area (Å²) in [4.78, 5) is 29.0. The Labute approximate surface area is 100 Å². The van der Waals surface area contributed by atoms with E-state index in [4.69, 9.17) is 4.42 Å². The van der Waals surface area contributed by atoms with Gasteiger partial charge in [0.15, 0.2) is 5.58 Å². The van der Waals surface area contributed by atoms with Gasteiger partial charge in [0, 0.05) is 18.1 Å². The fourth-order valence-corrected chi connectivity index (χ4v) is 1.60. The van der Waals surface area contributed by atoms with Gasteiger partial charge in [0.25, 0.3) is 0 Å². The standard InChI is InChI=1S/C11H8N4O3/c16-10(15-4-3-12-6-15)13-7-1-2-9-8(5-7)14-11(17)18-9/h1-6H,(H,13,16)(H,14,17).